The molecule has 0 aliphatic rings. The van der Waals surface area contributed by atoms with Crippen molar-refractivity contribution in [1.82, 2.24) is 0 Å². The van der Waals surface area contributed by atoms with Crippen LogP contribution < -0.4 is 0 Å². The van der Waals surface area contributed by atoms with Crippen LogP contribution in [0.25, 0.3) is 0 Å². The molecule has 0 bridgehead atoms. The summed E-state index contributed by atoms with van der Waals surface area (Å²) in [4.78, 5) is 0. The molecule has 1 nitrogen and oxygen atoms in total. The summed E-state index contributed by atoms with van der Waals surface area (Å²) in [5, 5.41) is 8.46. The van der Waals surface area contributed by atoms with Gasteiger partial charge < -0.3 is 0 Å². The molecule has 0 aromatic rings. The molecule has 0 N–H and O–H groups in total. The van der Waals surface area contributed by atoms with Gasteiger partial charge in [-0.25, -0.2) is 0 Å². The first-order valence-corrected chi connectivity index (χ1v) is 3.26. The van der Waals surface area contributed by atoms with Crippen LogP contribution in [0.1, 0.15) is 27.2 Å². The van der Waals surface area contributed by atoms with E-state index in [1.54, 1.807) is 0 Å². The molecule has 0 unspecified atom stereocenters. The molecule has 1 heteroatoms. The van der Waals surface area contributed by atoms with Crippen molar-refractivity contribution in [1.29, 1.82) is 5.26 Å². The molecular weight excluding hydrogens is 110 g/mol. The van der Waals surface area contributed by atoms with Gasteiger partial charge in [-0.3, -0.25) is 0 Å². The summed E-state index contributed by atoms with van der Waals surface area (Å²) in [5.41, 5.74) is 0.894. The molecule has 0 aliphatic carbocycles. The van der Waals surface area contributed by atoms with E-state index in [1.165, 1.54) is 0 Å². The van der Waals surface area contributed by atoms with E-state index in [2.05, 4.69) is 19.9 Å². The molecule has 0 aromatic carbocycles. The van der Waals surface area contributed by atoms with Gasteiger partial charge in [0.15, 0.2) is 0 Å². The Morgan fingerprint density at radius 2 is 2.22 bits per heavy atom. The van der Waals surface area contributed by atoms with E-state index >= 15 is 0 Å². The van der Waals surface area contributed by atoms with Crippen LogP contribution in [0.2, 0.25) is 0 Å². The summed E-state index contributed by atoms with van der Waals surface area (Å²) >= 11 is 0. The lowest BCUT2D eigenvalue weighted by molar-refractivity contribution is 0.651. The standard InChI is InChI=1S/C8H13N/c1-4-8(6-9)5-7(2)3/h4,7H,5H2,1-3H3/b8-4+. The highest BCUT2D eigenvalue weighted by Gasteiger charge is 1.96. The first-order chi connectivity index (χ1) is 4.20. The van der Waals surface area contributed by atoms with E-state index in [1.807, 2.05) is 13.0 Å². The molecule has 0 atom stereocenters. The first kappa shape index (κ1) is 8.23. The lowest BCUT2D eigenvalue weighted by atomic mass is 10.0. The number of nitrogens with zero attached hydrogens (tertiary/aromatic N) is 1. The number of rotatable bonds is 2. The molecule has 0 aromatic heterocycles. The third-order valence-electron chi connectivity index (χ3n) is 1.12. The minimum absolute atomic E-state index is 0.593. The van der Waals surface area contributed by atoms with Crippen molar-refractivity contribution in [2.24, 2.45) is 5.92 Å². The number of hydrogen-bond acceptors (Lipinski definition) is 1. The minimum atomic E-state index is 0.593. The normalized spacial score (nSPS) is 11.7. The fraction of sp³-hybridized carbons (Fsp3) is 0.625. The van der Waals surface area contributed by atoms with E-state index in [-0.39, 0.29) is 0 Å². The van der Waals surface area contributed by atoms with Crippen molar-refractivity contribution < 1.29 is 0 Å². The zero-order chi connectivity index (χ0) is 7.28. The highest BCUT2D eigenvalue weighted by atomic mass is 14.2. The second-order valence-electron chi connectivity index (χ2n) is 2.52. The fourth-order valence-electron chi connectivity index (χ4n) is 0.668. The van der Waals surface area contributed by atoms with Gasteiger partial charge in [0.05, 0.1) is 6.07 Å². The van der Waals surface area contributed by atoms with Crippen molar-refractivity contribution in [2.75, 3.05) is 0 Å². The van der Waals surface area contributed by atoms with Crippen LogP contribution in [0.5, 0.6) is 0 Å². The highest BCUT2D eigenvalue weighted by Crippen LogP contribution is 2.08. The Bertz CT molecular complexity index is 137. The van der Waals surface area contributed by atoms with E-state index in [4.69, 9.17) is 5.26 Å². The Labute approximate surface area is 57.0 Å². The highest BCUT2D eigenvalue weighted by molar-refractivity contribution is 5.19. The van der Waals surface area contributed by atoms with Crippen LogP contribution in [0.3, 0.4) is 0 Å². The zero-order valence-corrected chi connectivity index (χ0v) is 6.31. The molecule has 0 spiro atoms. The zero-order valence-electron chi connectivity index (χ0n) is 6.31. The molecule has 0 radical (unpaired) electrons. The molecule has 9 heavy (non-hydrogen) atoms. The predicted octanol–water partition coefficient (Wildman–Crippen LogP) is 2.50. The van der Waals surface area contributed by atoms with Crippen LogP contribution in [0.4, 0.5) is 0 Å². The summed E-state index contributed by atoms with van der Waals surface area (Å²) < 4.78 is 0. The molecule has 0 heterocycles. The molecule has 0 rings (SSSR count). The maximum Gasteiger partial charge on any atom is 0.0943 e. The van der Waals surface area contributed by atoms with Crippen molar-refractivity contribution in [3.05, 3.63) is 11.6 Å². The van der Waals surface area contributed by atoms with Crippen molar-refractivity contribution in [3.63, 3.8) is 0 Å². The van der Waals surface area contributed by atoms with Crippen molar-refractivity contribution in [2.45, 2.75) is 27.2 Å². The predicted molar refractivity (Wildman–Crippen MR) is 38.8 cm³/mol. The third kappa shape index (κ3) is 3.78. The van der Waals surface area contributed by atoms with E-state index in [0.717, 1.165) is 12.0 Å². The number of hydrogen-bond donors (Lipinski definition) is 0. The smallest absolute Gasteiger partial charge is 0.0943 e. The number of allylic oxidation sites excluding steroid dienone is 2. The molecule has 0 saturated heterocycles. The summed E-state index contributed by atoms with van der Waals surface area (Å²) in [6.45, 7) is 6.13. The largest absolute Gasteiger partial charge is 0.193 e. The van der Waals surface area contributed by atoms with Gasteiger partial charge in [0.25, 0.3) is 0 Å². The van der Waals surface area contributed by atoms with Crippen LogP contribution >= 0.6 is 0 Å². The quantitative estimate of drug-likeness (QED) is 0.517. The summed E-state index contributed by atoms with van der Waals surface area (Å²) in [6.07, 6.45) is 2.78. The van der Waals surface area contributed by atoms with Gasteiger partial charge in [-0.15, -0.1) is 0 Å². The molecule has 0 saturated carbocycles. The van der Waals surface area contributed by atoms with E-state index < -0.39 is 0 Å². The van der Waals surface area contributed by atoms with Gasteiger partial charge >= 0.3 is 0 Å². The monoisotopic (exact) mass is 123 g/mol. The van der Waals surface area contributed by atoms with Gasteiger partial charge in [0, 0.05) is 5.57 Å². The van der Waals surface area contributed by atoms with Crippen molar-refractivity contribution >= 4 is 0 Å². The van der Waals surface area contributed by atoms with Crippen LogP contribution in [0, 0.1) is 17.2 Å². The summed E-state index contributed by atoms with van der Waals surface area (Å²) in [6, 6.07) is 2.14. The van der Waals surface area contributed by atoms with Crippen LogP contribution in [-0.4, -0.2) is 0 Å². The summed E-state index contributed by atoms with van der Waals surface area (Å²) in [5.74, 6) is 0.593. The van der Waals surface area contributed by atoms with Gasteiger partial charge in [-0.2, -0.15) is 5.26 Å². The summed E-state index contributed by atoms with van der Waals surface area (Å²) in [7, 11) is 0. The third-order valence-corrected chi connectivity index (χ3v) is 1.12. The van der Waals surface area contributed by atoms with E-state index in [9.17, 15) is 0 Å². The minimum Gasteiger partial charge on any atom is -0.193 e. The van der Waals surface area contributed by atoms with Gasteiger partial charge in [0.1, 0.15) is 0 Å². The topological polar surface area (TPSA) is 23.8 Å². The average Bonchev–Trinajstić information content (AvgIpc) is 1.82. The lowest BCUT2D eigenvalue weighted by Gasteiger charge is -1.99. The van der Waals surface area contributed by atoms with Gasteiger partial charge in [-0.05, 0) is 19.3 Å². The van der Waals surface area contributed by atoms with Gasteiger partial charge in [0.2, 0.25) is 0 Å². The number of nitriles is 1. The Morgan fingerprint density at radius 1 is 1.67 bits per heavy atom. The fourth-order valence-corrected chi connectivity index (χ4v) is 0.668. The first-order valence-electron chi connectivity index (χ1n) is 3.26. The maximum atomic E-state index is 8.46. The second-order valence-corrected chi connectivity index (χ2v) is 2.52. The Balaban J connectivity index is 3.76. The lowest BCUT2D eigenvalue weighted by Crippen LogP contribution is -1.88. The molecule has 0 aliphatic heterocycles. The van der Waals surface area contributed by atoms with Crippen LogP contribution in [-0.2, 0) is 0 Å². The average molecular weight is 123 g/mol. The maximum absolute atomic E-state index is 8.46. The Kier molecular flexibility index (Phi) is 3.79. The molecule has 0 amide bonds. The van der Waals surface area contributed by atoms with Gasteiger partial charge in [-0.1, -0.05) is 19.9 Å². The Morgan fingerprint density at radius 3 is 2.33 bits per heavy atom. The van der Waals surface area contributed by atoms with E-state index in [0.29, 0.717) is 5.92 Å². The SMILES string of the molecule is C/C=C(/C#N)CC(C)C. The molecule has 50 valence electrons. The molecular formula is C8H13N. The molecule has 0 fully saturated rings. The Hall–Kier alpha value is -0.770. The van der Waals surface area contributed by atoms with Crippen molar-refractivity contribution in [3.8, 4) is 6.07 Å². The second kappa shape index (κ2) is 4.14. The van der Waals surface area contributed by atoms with Crippen LogP contribution in [0.15, 0.2) is 11.6 Å².